The number of likely N-dealkylation sites (N-methyl/N-ethyl adjacent to an activating group) is 1. The molecule has 3 amide bonds. The molecule has 1 aromatic rings. The highest BCUT2D eigenvalue weighted by molar-refractivity contribution is 5.91. The molecule has 0 spiro atoms. The Morgan fingerprint density at radius 2 is 1.77 bits per heavy atom. The van der Waals surface area contributed by atoms with Gasteiger partial charge in [0.2, 0.25) is 17.7 Å². The number of hydrogen-bond acceptors (Lipinski definition) is 3. The molecule has 0 radical (unpaired) electrons. The van der Waals surface area contributed by atoms with Crippen LogP contribution in [0.4, 0.5) is 5.69 Å². The van der Waals surface area contributed by atoms with E-state index in [2.05, 4.69) is 29.8 Å². The molecule has 6 heteroatoms. The topological polar surface area (TPSA) is 87.3 Å². The zero-order chi connectivity index (χ0) is 19.5. The quantitative estimate of drug-likeness (QED) is 0.599. The van der Waals surface area contributed by atoms with Gasteiger partial charge in [0.05, 0.1) is 0 Å². The summed E-state index contributed by atoms with van der Waals surface area (Å²) in [6.45, 7) is 5.78. The summed E-state index contributed by atoms with van der Waals surface area (Å²) in [5.41, 5.74) is 1.82. The summed E-state index contributed by atoms with van der Waals surface area (Å²) in [6.07, 6.45) is 3.13. The van der Waals surface area contributed by atoms with Crippen LogP contribution in [-0.2, 0) is 20.8 Å². The summed E-state index contributed by atoms with van der Waals surface area (Å²) in [5.74, 6) is 0.00391. The number of anilines is 1. The molecule has 0 fully saturated rings. The third-order valence-corrected chi connectivity index (χ3v) is 4.39. The van der Waals surface area contributed by atoms with E-state index in [1.165, 1.54) is 7.05 Å². The normalized spacial score (nSPS) is 12.8. The molecule has 0 aliphatic rings. The number of carbonyl (C=O) groups is 3. The number of para-hydroxylation sites is 1. The molecule has 1 aromatic carbocycles. The van der Waals surface area contributed by atoms with Crippen molar-refractivity contribution in [1.82, 2.24) is 10.6 Å². The van der Waals surface area contributed by atoms with E-state index >= 15 is 0 Å². The number of aryl methyl sites for hydroxylation is 1. The van der Waals surface area contributed by atoms with Crippen LogP contribution in [-0.4, -0.2) is 30.8 Å². The van der Waals surface area contributed by atoms with Gasteiger partial charge in [0.25, 0.3) is 0 Å². The first-order valence-electron chi connectivity index (χ1n) is 9.26. The van der Waals surface area contributed by atoms with Crippen LogP contribution in [0.2, 0.25) is 0 Å². The second-order valence-corrected chi connectivity index (χ2v) is 6.68. The van der Waals surface area contributed by atoms with Crippen LogP contribution in [0.15, 0.2) is 24.3 Å². The third kappa shape index (κ3) is 7.68. The number of amides is 3. The van der Waals surface area contributed by atoms with Crippen molar-refractivity contribution in [3.63, 3.8) is 0 Å². The number of benzene rings is 1. The van der Waals surface area contributed by atoms with Crippen LogP contribution in [0.25, 0.3) is 0 Å². The van der Waals surface area contributed by atoms with Crippen molar-refractivity contribution in [3.05, 3.63) is 29.8 Å². The van der Waals surface area contributed by atoms with Crippen LogP contribution in [0.5, 0.6) is 0 Å². The maximum atomic E-state index is 12.1. The Morgan fingerprint density at radius 1 is 1.08 bits per heavy atom. The van der Waals surface area contributed by atoms with Crippen LogP contribution in [0, 0.1) is 5.92 Å². The van der Waals surface area contributed by atoms with Gasteiger partial charge in [-0.15, -0.1) is 0 Å². The van der Waals surface area contributed by atoms with Crippen molar-refractivity contribution in [1.29, 1.82) is 0 Å². The standard InChI is InChI=1S/C20H31N3O3/c1-5-14(2)13-19(25)23-17-11-7-6-9-16(17)10-8-12-18(24)22-15(3)20(26)21-4/h6-7,9,11,14-15H,5,8,10,12-13H2,1-4H3,(H,21,26)(H,22,24)(H,23,25)/t14-,15-/m0/s1. The monoisotopic (exact) mass is 361 g/mol. The molecule has 1 rings (SSSR count). The first-order chi connectivity index (χ1) is 12.4. The minimum atomic E-state index is -0.542. The summed E-state index contributed by atoms with van der Waals surface area (Å²) >= 11 is 0. The van der Waals surface area contributed by atoms with Gasteiger partial charge in [0.1, 0.15) is 6.04 Å². The highest BCUT2D eigenvalue weighted by Gasteiger charge is 2.14. The number of carbonyl (C=O) groups excluding carboxylic acids is 3. The molecule has 0 aromatic heterocycles. The van der Waals surface area contributed by atoms with E-state index in [-0.39, 0.29) is 17.7 Å². The Bertz CT molecular complexity index is 616. The maximum absolute atomic E-state index is 12.1. The molecule has 0 heterocycles. The predicted molar refractivity (Wildman–Crippen MR) is 104 cm³/mol. The Morgan fingerprint density at radius 3 is 2.42 bits per heavy atom. The zero-order valence-corrected chi connectivity index (χ0v) is 16.2. The Labute approximate surface area is 156 Å². The molecule has 3 N–H and O–H groups in total. The van der Waals surface area contributed by atoms with Crippen molar-refractivity contribution in [3.8, 4) is 0 Å². The van der Waals surface area contributed by atoms with Crippen molar-refractivity contribution < 1.29 is 14.4 Å². The van der Waals surface area contributed by atoms with Gasteiger partial charge in [-0.2, -0.15) is 0 Å². The summed E-state index contributed by atoms with van der Waals surface area (Å²) < 4.78 is 0. The third-order valence-electron chi connectivity index (χ3n) is 4.39. The molecule has 2 atom stereocenters. The maximum Gasteiger partial charge on any atom is 0.242 e. The van der Waals surface area contributed by atoms with E-state index in [1.807, 2.05) is 24.3 Å². The molecule has 0 bridgehead atoms. The van der Waals surface area contributed by atoms with Gasteiger partial charge in [-0.05, 0) is 37.3 Å². The van der Waals surface area contributed by atoms with Gasteiger partial charge < -0.3 is 16.0 Å². The minimum Gasteiger partial charge on any atom is -0.357 e. The van der Waals surface area contributed by atoms with E-state index in [0.29, 0.717) is 31.6 Å². The largest absolute Gasteiger partial charge is 0.357 e. The summed E-state index contributed by atoms with van der Waals surface area (Å²) in [7, 11) is 1.54. The average Bonchev–Trinajstić information content (AvgIpc) is 2.62. The lowest BCUT2D eigenvalue weighted by molar-refractivity contribution is -0.128. The van der Waals surface area contributed by atoms with E-state index < -0.39 is 6.04 Å². The molecule has 0 saturated heterocycles. The first-order valence-corrected chi connectivity index (χ1v) is 9.26. The molecule has 6 nitrogen and oxygen atoms in total. The van der Waals surface area contributed by atoms with E-state index in [0.717, 1.165) is 17.7 Å². The molecule has 26 heavy (non-hydrogen) atoms. The zero-order valence-electron chi connectivity index (χ0n) is 16.2. The van der Waals surface area contributed by atoms with Gasteiger partial charge in [0, 0.05) is 25.6 Å². The number of nitrogens with one attached hydrogen (secondary N) is 3. The minimum absolute atomic E-state index is 0.0175. The van der Waals surface area contributed by atoms with Gasteiger partial charge in [-0.3, -0.25) is 14.4 Å². The number of rotatable bonds is 10. The SMILES string of the molecule is CC[C@H](C)CC(=O)Nc1ccccc1CCCC(=O)N[C@@H](C)C(=O)NC. The van der Waals surface area contributed by atoms with Crippen LogP contribution < -0.4 is 16.0 Å². The molecular weight excluding hydrogens is 330 g/mol. The smallest absolute Gasteiger partial charge is 0.242 e. The summed E-state index contributed by atoms with van der Waals surface area (Å²) in [5, 5.41) is 8.15. The van der Waals surface area contributed by atoms with Gasteiger partial charge in [-0.25, -0.2) is 0 Å². The van der Waals surface area contributed by atoms with Crippen LogP contribution >= 0.6 is 0 Å². The van der Waals surface area contributed by atoms with Crippen LogP contribution in [0.1, 0.15) is 52.0 Å². The molecule has 0 unspecified atom stereocenters. The van der Waals surface area contributed by atoms with Crippen molar-refractivity contribution in [2.24, 2.45) is 5.92 Å². The Balaban J connectivity index is 2.51. The molecule has 0 saturated carbocycles. The second kappa shape index (κ2) is 11.3. The van der Waals surface area contributed by atoms with E-state index in [9.17, 15) is 14.4 Å². The van der Waals surface area contributed by atoms with Crippen molar-refractivity contribution in [2.45, 2.75) is 58.9 Å². The second-order valence-electron chi connectivity index (χ2n) is 6.68. The van der Waals surface area contributed by atoms with E-state index in [4.69, 9.17) is 0 Å². The van der Waals surface area contributed by atoms with Gasteiger partial charge in [0.15, 0.2) is 0 Å². The average molecular weight is 361 g/mol. The fourth-order valence-corrected chi connectivity index (χ4v) is 2.56. The fraction of sp³-hybridized carbons (Fsp3) is 0.550. The molecule has 144 valence electrons. The van der Waals surface area contributed by atoms with Crippen molar-refractivity contribution in [2.75, 3.05) is 12.4 Å². The highest BCUT2D eigenvalue weighted by atomic mass is 16.2. The summed E-state index contributed by atoms with van der Waals surface area (Å²) in [4.78, 5) is 35.5. The first kappa shape index (κ1) is 21.7. The Kier molecular flexibility index (Phi) is 9.41. The fourth-order valence-electron chi connectivity index (χ4n) is 2.56. The Hall–Kier alpha value is -2.37. The molecule has 0 aliphatic carbocycles. The van der Waals surface area contributed by atoms with Gasteiger partial charge >= 0.3 is 0 Å². The number of hydrogen-bond donors (Lipinski definition) is 3. The molecule has 0 aliphatic heterocycles. The highest BCUT2D eigenvalue weighted by Crippen LogP contribution is 2.19. The summed E-state index contributed by atoms with van der Waals surface area (Å²) in [6, 6.07) is 7.12. The molecular formula is C20H31N3O3. The van der Waals surface area contributed by atoms with Crippen molar-refractivity contribution >= 4 is 23.4 Å². The lowest BCUT2D eigenvalue weighted by atomic mass is 10.0. The lowest BCUT2D eigenvalue weighted by Gasteiger charge is -2.14. The lowest BCUT2D eigenvalue weighted by Crippen LogP contribution is -2.43. The van der Waals surface area contributed by atoms with Gasteiger partial charge in [-0.1, -0.05) is 38.5 Å². The van der Waals surface area contributed by atoms with Crippen LogP contribution in [0.3, 0.4) is 0 Å². The van der Waals surface area contributed by atoms with E-state index in [1.54, 1.807) is 6.92 Å². The predicted octanol–water partition coefficient (Wildman–Crippen LogP) is 2.63.